The highest BCUT2D eigenvalue weighted by Gasteiger charge is 2.26. The highest BCUT2D eigenvalue weighted by atomic mass is 16.6. The Balaban J connectivity index is 1.58. The first kappa shape index (κ1) is 20.3. The van der Waals surface area contributed by atoms with E-state index in [0.717, 1.165) is 31.4 Å². The molecule has 1 aliphatic heterocycles. The normalized spacial score (nSPS) is 18.1. The second-order valence-electron chi connectivity index (χ2n) is 8.37. The highest BCUT2D eigenvalue weighted by molar-refractivity contribution is 5.67. The van der Waals surface area contributed by atoms with Gasteiger partial charge in [0.05, 0.1) is 6.54 Å². The largest absolute Gasteiger partial charge is 0.444 e. The van der Waals surface area contributed by atoms with Crippen LogP contribution in [-0.4, -0.2) is 45.9 Å². The maximum absolute atomic E-state index is 12.0. The van der Waals surface area contributed by atoms with Crippen LogP contribution < -0.4 is 5.32 Å². The lowest BCUT2D eigenvalue weighted by atomic mass is 10.0. The first-order valence-electron chi connectivity index (χ1n) is 9.90. The van der Waals surface area contributed by atoms with Gasteiger partial charge in [-0.3, -0.25) is 4.90 Å². The van der Waals surface area contributed by atoms with Crippen molar-refractivity contribution in [2.75, 3.05) is 13.1 Å². The van der Waals surface area contributed by atoms with Gasteiger partial charge in [0.1, 0.15) is 5.60 Å². The van der Waals surface area contributed by atoms with E-state index in [2.05, 4.69) is 20.4 Å². The Morgan fingerprint density at radius 3 is 2.71 bits per heavy atom. The molecule has 1 aromatic heterocycles. The smallest absolute Gasteiger partial charge is 0.407 e. The lowest BCUT2D eigenvalue weighted by Gasteiger charge is -2.34. The van der Waals surface area contributed by atoms with Crippen molar-refractivity contribution in [1.29, 1.82) is 0 Å². The molecule has 7 heteroatoms. The van der Waals surface area contributed by atoms with Crippen molar-refractivity contribution >= 4 is 6.09 Å². The Hall–Kier alpha value is -2.41. The molecule has 0 aliphatic carbocycles. The van der Waals surface area contributed by atoms with E-state index in [0.29, 0.717) is 24.9 Å². The SMILES string of the molecule is Cc1ccc(-c2nnc(CN3CCCC[C@@H]3CNC(=O)OC(C)(C)C)o2)cc1. The summed E-state index contributed by atoms with van der Waals surface area (Å²) in [6.07, 6.45) is 2.92. The minimum absolute atomic E-state index is 0.232. The zero-order valence-corrected chi connectivity index (χ0v) is 17.2. The molecular formula is C21H30N4O3. The number of amides is 1. The third kappa shape index (κ3) is 5.79. The molecule has 1 aliphatic rings. The number of piperidine rings is 1. The number of hydrogen-bond donors (Lipinski definition) is 1. The molecule has 0 spiro atoms. The van der Waals surface area contributed by atoms with Crippen molar-refractivity contribution < 1.29 is 13.9 Å². The van der Waals surface area contributed by atoms with Gasteiger partial charge in [-0.25, -0.2) is 4.79 Å². The number of ether oxygens (including phenoxy) is 1. The number of aromatic nitrogens is 2. The van der Waals surface area contributed by atoms with E-state index < -0.39 is 5.60 Å². The third-order valence-corrected chi connectivity index (χ3v) is 4.73. The van der Waals surface area contributed by atoms with Gasteiger partial charge in [0.25, 0.3) is 0 Å². The molecule has 1 atom stereocenters. The Morgan fingerprint density at radius 2 is 2.00 bits per heavy atom. The molecule has 0 unspecified atom stereocenters. The number of aryl methyl sites for hydroxylation is 1. The molecule has 1 fully saturated rings. The minimum Gasteiger partial charge on any atom is -0.444 e. The molecule has 1 amide bonds. The summed E-state index contributed by atoms with van der Waals surface area (Å²) in [5, 5.41) is 11.3. The predicted octanol–water partition coefficient (Wildman–Crippen LogP) is 3.92. The summed E-state index contributed by atoms with van der Waals surface area (Å²) in [7, 11) is 0. The van der Waals surface area contributed by atoms with Crippen LogP contribution in [0, 0.1) is 6.92 Å². The van der Waals surface area contributed by atoms with Gasteiger partial charge in [0.15, 0.2) is 0 Å². The molecular weight excluding hydrogens is 356 g/mol. The summed E-state index contributed by atoms with van der Waals surface area (Å²) in [4.78, 5) is 14.3. The van der Waals surface area contributed by atoms with Crippen LogP contribution in [0.15, 0.2) is 28.7 Å². The van der Waals surface area contributed by atoms with Crippen LogP contribution in [0.4, 0.5) is 4.79 Å². The van der Waals surface area contributed by atoms with Crippen molar-refractivity contribution in [2.45, 2.75) is 65.1 Å². The topological polar surface area (TPSA) is 80.5 Å². The van der Waals surface area contributed by atoms with E-state index in [4.69, 9.17) is 9.15 Å². The number of benzene rings is 1. The summed E-state index contributed by atoms with van der Waals surface area (Å²) in [5.74, 6) is 1.13. The number of alkyl carbamates (subject to hydrolysis) is 1. The van der Waals surface area contributed by atoms with Crippen LogP contribution >= 0.6 is 0 Å². The van der Waals surface area contributed by atoms with Crippen LogP contribution in [0.1, 0.15) is 51.5 Å². The molecule has 2 heterocycles. The van der Waals surface area contributed by atoms with E-state index in [-0.39, 0.29) is 12.1 Å². The molecule has 1 saturated heterocycles. The number of hydrogen-bond acceptors (Lipinski definition) is 6. The van der Waals surface area contributed by atoms with E-state index in [1.165, 1.54) is 5.56 Å². The predicted molar refractivity (Wildman–Crippen MR) is 107 cm³/mol. The monoisotopic (exact) mass is 386 g/mol. The highest BCUT2D eigenvalue weighted by Crippen LogP contribution is 2.22. The molecule has 0 saturated carbocycles. The van der Waals surface area contributed by atoms with E-state index in [9.17, 15) is 4.79 Å². The van der Waals surface area contributed by atoms with Crippen LogP contribution in [0.3, 0.4) is 0 Å². The lowest BCUT2D eigenvalue weighted by molar-refractivity contribution is 0.0488. The Morgan fingerprint density at radius 1 is 1.25 bits per heavy atom. The van der Waals surface area contributed by atoms with Gasteiger partial charge in [0.2, 0.25) is 11.8 Å². The number of carbonyl (C=O) groups excluding carboxylic acids is 1. The molecule has 28 heavy (non-hydrogen) atoms. The standard InChI is InChI=1S/C21H30N4O3/c1-15-8-10-16(11-9-15)19-24-23-18(27-19)14-25-12-6-5-7-17(25)13-22-20(26)28-21(2,3)4/h8-11,17H,5-7,12-14H2,1-4H3,(H,22,26)/t17-/m1/s1. The Labute approximate surface area is 166 Å². The van der Waals surface area contributed by atoms with E-state index >= 15 is 0 Å². The molecule has 152 valence electrons. The van der Waals surface area contributed by atoms with Crippen molar-refractivity contribution in [3.05, 3.63) is 35.7 Å². The fourth-order valence-electron chi connectivity index (χ4n) is 3.32. The van der Waals surface area contributed by atoms with Gasteiger partial charge in [-0.1, -0.05) is 24.1 Å². The summed E-state index contributed by atoms with van der Waals surface area (Å²) >= 11 is 0. The van der Waals surface area contributed by atoms with Crippen LogP contribution in [0.2, 0.25) is 0 Å². The van der Waals surface area contributed by atoms with Crippen LogP contribution in [0.5, 0.6) is 0 Å². The Bertz CT molecular complexity index is 780. The average molecular weight is 386 g/mol. The second kappa shape index (κ2) is 8.73. The molecule has 1 aromatic carbocycles. The maximum atomic E-state index is 12.0. The fraction of sp³-hybridized carbons (Fsp3) is 0.571. The number of likely N-dealkylation sites (tertiary alicyclic amines) is 1. The molecule has 1 N–H and O–H groups in total. The van der Waals surface area contributed by atoms with Gasteiger partial charge >= 0.3 is 6.09 Å². The number of carbonyl (C=O) groups is 1. The minimum atomic E-state index is -0.494. The first-order chi connectivity index (χ1) is 13.3. The molecule has 3 rings (SSSR count). The average Bonchev–Trinajstić information content (AvgIpc) is 3.09. The summed E-state index contributed by atoms with van der Waals surface area (Å²) in [6.45, 7) is 9.71. The zero-order valence-electron chi connectivity index (χ0n) is 17.2. The van der Waals surface area contributed by atoms with Gasteiger partial charge in [-0.15, -0.1) is 10.2 Å². The van der Waals surface area contributed by atoms with Crippen LogP contribution in [0.25, 0.3) is 11.5 Å². The summed E-state index contributed by atoms with van der Waals surface area (Å²) in [6, 6.07) is 8.27. The van der Waals surface area contributed by atoms with Gasteiger partial charge in [-0.05, 0) is 59.2 Å². The maximum Gasteiger partial charge on any atom is 0.407 e. The van der Waals surface area contributed by atoms with Crippen molar-refractivity contribution in [3.8, 4) is 11.5 Å². The quantitative estimate of drug-likeness (QED) is 0.839. The van der Waals surface area contributed by atoms with Crippen molar-refractivity contribution in [3.63, 3.8) is 0 Å². The zero-order chi connectivity index (χ0) is 20.1. The summed E-state index contributed by atoms with van der Waals surface area (Å²) in [5.41, 5.74) is 1.62. The fourth-order valence-corrected chi connectivity index (χ4v) is 3.32. The number of nitrogens with zero attached hydrogens (tertiary/aromatic N) is 3. The molecule has 0 radical (unpaired) electrons. The van der Waals surface area contributed by atoms with Gasteiger partial charge in [-0.2, -0.15) is 0 Å². The van der Waals surface area contributed by atoms with E-state index in [1.807, 2.05) is 52.0 Å². The third-order valence-electron chi connectivity index (χ3n) is 4.73. The first-order valence-corrected chi connectivity index (χ1v) is 9.90. The number of rotatable bonds is 5. The Kier molecular flexibility index (Phi) is 6.34. The summed E-state index contributed by atoms with van der Waals surface area (Å²) < 4.78 is 11.2. The van der Waals surface area contributed by atoms with Gasteiger partial charge in [0, 0.05) is 18.2 Å². The molecule has 0 bridgehead atoms. The van der Waals surface area contributed by atoms with Crippen molar-refractivity contribution in [2.24, 2.45) is 0 Å². The lowest BCUT2D eigenvalue weighted by Crippen LogP contribution is -2.47. The van der Waals surface area contributed by atoms with Gasteiger partial charge < -0.3 is 14.5 Å². The van der Waals surface area contributed by atoms with Crippen LogP contribution in [-0.2, 0) is 11.3 Å². The van der Waals surface area contributed by atoms with E-state index in [1.54, 1.807) is 0 Å². The van der Waals surface area contributed by atoms with Crippen molar-refractivity contribution in [1.82, 2.24) is 20.4 Å². The number of nitrogens with one attached hydrogen (secondary N) is 1. The molecule has 7 nitrogen and oxygen atoms in total. The molecule has 2 aromatic rings. The second-order valence-corrected chi connectivity index (χ2v) is 8.37.